The highest BCUT2D eigenvalue weighted by Gasteiger charge is 2.18. The Morgan fingerprint density at radius 2 is 1.59 bits per heavy atom. The molecule has 0 radical (unpaired) electrons. The van der Waals surface area contributed by atoms with Gasteiger partial charge in [-0.05, 0) is 35.3 Å². The summed E-state index contributed by atoms with van der Waals surface area (Å²) in [5.74, 6) is 2.47. The third kappa shape index (κ3) is 4.54. The lowest BCUT2D eigenvalue weighted by Gasteiger charge is -2.12. The first-order valence-electron chi connectivity index (χ1n) is 9.08. The second-order valence-electron chi connectivity index (χ2n) is 6.64. The average Bonchev–Trinajstić information content (AvgIpc) is 3.23. The first-order valence-corrected chi connectivity index (χ1v) is 9.46. The predicted molar refractivity (Wildman–Crippen MR) is 114 cm³/mol. The fourth-order valence-corrected chi connectivity index (χ4v) is 3.03. The number of benzene rings is 2. The van der Waals surface area contributed by atoms with Crippen molar-refractivity contribution in [3.63, 3.8) is 0 Å². The first kappa shape index (κ1) is 20.7. The van der Waals surface area contributed by atoms with Gasteiger partial charge in [0.25, 0.3) is 5.89 Å². The molecule has 1 heterocycles. The molecule has 1 aromatic heterocycles. The summed E-state index contributed by atoms with van der Waals surface area (Å²) in [6.07, 6.45) is 1.79. The summed E-state index contributed by atoms with van der Waals surface area (Å²) in [5, 5.41) is 8.51. The van der Waals surface area contributed by atoms with Crippen molar-refractivity contribution >= 4 is 22.7 Å². The van der Waals surface area contributed by atoms with E-state index in [9.17, 15) is 0 Å². The summed E-state index contributed by atoms with van der Waals surface area (Å²) in [5.41, 5.74) is 2.84. The highest BCUT2D eigenvalue weighted by Crippen LogP contribution is 2.41. The van der Waals surface area contributed by atoms with Gasteiger partial charge in [0, 0.05) is 5.56 Å². The van der Waals surface area contributed by atoms with E-state index in [2.05, 4.69) is 36.2 Å². The van der Waals surface area contributed by atoms with Crippen molar-refractivity contribution in [3.8, 4) is 28.7 Å². The van der Waals surface area contributed by atoms with E-state index in [0.29, 0.717) is 39.7 Å². The summed E-state index contributed by atoms with van der Waals surface area (Å²) >= 11 is 6.40. The van der Waals surface area contributed by atoms with Gasteiger partial charge in [-0.2, -0.15) is 0 Å². The number of hydrogen-bond acceptors (Lipinski definition) is 6. The minimum Gasteiger partial charge on any atom is -0.493 e. The van der Waals surface area contributed by atoms with Gasteiger partial charge < -0.3 is 18.6 Å². The van der Waals surface area contributed by atoms with Crippen molar-refractivity contribution in [2.24, 2.45) is 0 Å². The van der Waals surface area contributed by atoms with Gasteiger partial charge in [-0.15, -0.1) is 10.2 Å². The van der Waals surface area contributed by atoms with E-state index in [0.717, 1.165) is 5.56 Å². The van der Waals surface area contributed by atoms with E-state index in [1.165, 1.54) is 5.56 Å². The van der Waals surface area contributed by atoms with Crippen LogP contribution in [0, 0.1) is 0 Å². The van der Waals surface area contributed by atoms with E-state index < -0.39 is 0 Å². The summed E-state index contributed by atoms with van der Waals surface area (Å²) in [6, 6.07) is 11.6. The smallest absolute Gasteiger partial charge is 0.259 e. The van der Waals surface area contributed by atoms with Gasteiger partial charge in [-0.1, -0.05) is 49.7 Å². The van der Waals surface area contributed by atoms with Crippen LogP contribution in [0.3, 0.4) is 0 Å². The number of nitrogens with zero attached hydrogens (tertiary/aromatic N) is 2. The standard InChI is InChI=1S/C22H23ClN2O4/c1-13(2)15-8-6-14(7-9-15)10-17(23)22-25-24-21(29-22)16-11-18(26-3)20(28-5)19(12-16)27-4/h6-13H,1-5H3/b17-10-. The quantitative estimate of drug-likeness (QED) is 0.499. The lowest BCUT2D eigenvalue weighted by molar-refractivity contribution is 0.324. The monoisotopic (exact) mass is 414 g/mol. The number of methoxy groups -OCH3 is 3. The van der Waals surface area contributed by atoms with E-state index in [1.807, 2.05) is 12.1 Å². The third-order valence-electron chi connectivity index (χ3n) is 4.44. The molecule has 0 spiro atoms. The Morgan fingerprint density at radius 3 is 2.10 bits per heavy atom. The summed E-state index contributed by atoms with van der Waals surface area (Å²) in [4.78, 5) is 0. The van der Waals surface area contributed by atoms with Crippen molar-refractivity contribution in [3.05, 3.63) is 53.4 Å². The van der Waals surface area contributed by atoms with Gasteiger partial charge in [-0.25, -0.2) is 0 Å². The van der Waals surface area contributed by atoms with Crippen LogP contribution in [0.15, 0.2) is 40.8 Å². The maximum Gasteiger partial charge on any atom is 0.259 e. The minimum absolute atomic E-state index is 0.225. The van der Waals surface area contributed by atoms with E-state index in [-0.39, 0.29) is 5.89 Å². The number of rotatable bonds is 7. The molecule has 0 fully saturated rings. The molecule has 0 aliphatic heterocycles. The second-order valence-corrected chi connectivity index (χ2v) is 7.05. The van der Waals surface area contributed by atoms with E-state index >= 15 is 0 Å². The largest absolute Gasteiger partial charge is 0.493 e. The predicted octanol–water partition coefficient (Wildman–Crippen LogP) is 5.62. The molecule has 0 bridgehead atoms. The normalized spacial score (nSPS) is 11.6. The highest BCUT2D eigenvalue weighted by molar-refractivity contribution is 6.50. The Bertz CT molecular complexity index is 985. The molecule has 3 rings (SSSR count). The molecule has 0 aliphatic carbocycles. The zero-order chi connectivity index (χ0) is 21.0. The van der Waals surface area contributed by atoms with Gasteiger partial charge >= 0.3 is 0 Å². The zero-order valence-electron chi connectivity index (χ0n) is 17.0. The van der Waals surface area contributed by atoms with Gasteiger partial charge in [0.1, 0.15) is 5.03 Å². The SMILES string of the molecule is COc1cc(-c2nnc(/C(Cl)=C/c3ccc(C(C)C)cc3)o2)cc(OC)c1OC. The number of aromatic nitrogens is 2. The highest BCUT2D eigenvalue weighted by atomic mass is 35.5. The van der Waals surface area contributed by atoms with Crippen molar-refractivity contribution in [1.82, 2.24) is 10.2 Å². The molecule has 29 heavy (non-hydrogen) atoms. The Hall–Kier alpha value is -2.99. The Labute approximate surface area is 175 Å². The van der Waals surface area contributed by atoms with Crippen molar-refractivity contribution < 1.29 is 18.6 Å². The second kappa shape index (κ2) is 9.01. The fraction of sp³-hybridized carbons (Fsp3) is 0.273. The van der Waals surface area contributed by atoms with Crippen LogP contribution >= 0.6 is 11.6 Å². The third-order valence-corrected chi connectivity index (χ3v) is 4.71. The average molecular weight is 415 g/mol. The first-order chi connectivity index (χ1) is 14.0. The molecular formula is C22H23ClN2O4. The minimum atomic E-state index is 0.225. The van der Waals surface area contributed by atoms with E-state index in [4.69, 9.17) is 30.2 Å². The van der Waals surface area contributed by atoms with Crippen LogP contribution in [0.4, 0.5) is 0 Å². The molecule has 6 nitrogen and oxygen atoms in total. The Morgan fingerprint density at radius 1 is 0.966 bits per heavy atom. The summed E-state index contributed by atoms with van der Waals surface area (Å²) in [6.45, 7) is 4.31. The molecule has 0 N–H and O–H groups in total. The molecule has 0 saturated heterocycles. The lowest BCUT2D eigenvalue weighted by Crippen LogP contribution is -1.95. The molecular weight excluding hydrogens is 392 g/mol. The topological polar surface area (TPSA) is 66.6 Å². The van der Waals surface area contributed by atoms with Crippen molar-refractivity contribution in [2.45, 2.75) is 19.8 Å². The van der Waals surface area contributed by atoms with Crippen LogP contribution in [0.1, 0.15) is 36.8 Å². The van der Waals surface area contributed by atoms with Gasteiger partial charge in [0.05, 0.1) is 21.3 Å². The summed E-state index contributed by atoms with van der Waals surface area (Å²) < 4.78 is 21.8. The number of ether oxygens (including phenoxy) is 3. The molecule has 0 aliphatic rings. The zero-order valence-corrected chi connectivity index (χ0v) is 17.8. The molecule has 7 heteroatoms. The molecule has 0 saturated carbocycles. The van der Waals surface area contributed by atoms with Crippen LogP contribution in [0.5, 0.6) is 17.2 Å². The molecule has 2 aromatic carbocycles. The van der Waals surface area contributed by atoms with Crippen LogP contribution in [0.2, 0.25) is 0 Å². The Balaban J connectivity index is 1.90. The molecule has 3 aromatic rings. The maximum absolute atomic E-state index is 6.40. The molecule has 0 amide bonds. The number of halogens is 1. The van der Waals surface area contributed by atoms with Crippen LogP contribution < -0.4 is 14.2 Å². The number of hydrogen-bond donors (Lipinski definition) is 0. The fourth-order valence-electron chi connectivity index (χ4n) is 2.83. The van der Waals surface area contributed by atoms with Crippen LogP contribution in [0.25, 0.3) is 22.6 Å². The van der Waals surface area contributed by atoms with Gasteiger partial charge in [-0.3, -0.25) is 0 Å². The van der Waals surface area contributed by atoms with Crippen molar-refractivity contribution in [1.29, 1.82) is 0 Å². The van der Waals surface area contributed by atoms with Gasteiger partial charge in [0.15, 0.2) is 11.5 Å². The van der Waals surface area contributed by atoms with E-state index in [1.54, 1.807) is 39.5 Å². The van der Waals surface area contributed by atoms with Crippen LogP contribution in [-0.4, -0.2) is 31.5 Å². The summed E-state index contributed by atoms with van der Waals surface area (Å²) in [7, 11) is 4.64. The lowest BCUT2D eigenvalue weighted by atomic mass is 10.0. The molecule has 0 unspecified atom stereocenters. The van der Waals surface area contributed by atoms with Gasteiger partial charge in [0.2, 0.25) is 11.6 Å². The Kier molecular flexibility index (Phi) is 6.44. The van der Waals surface area contributed by atoms with Crippen LogP contribution in [-0.2, 0) is 0 Å². The van der Waals surface area contributed by atoms with Crippen molar-refractivity contribution in [2.75, 3.05) is 21.3 Å². The maximum atomic E-state index is 6.40. The molecule has 0 atom stereocenters. The molecule has 152 valence electrons.